The van der Waals surface area contributed by atoms with Gasteiger partial charge in [-0.05, 0) is 23.1 Å². The van der Waals surface area contributed by atoms with Crippen LogP contribution in [0.5, 0.6) is 0 Å². The quantitative estimate of drug-likeness (QED) is 0.663. The van der Waals surface area contributed by atoms with Gasteiger partial charge in [-0.2, -0.15) is 0 Å². The van der Waals surface area contributed by atoms with Gasteiger partial charge in [0, 0.05) is 30.0 Å². The number of aromatic nitrogens is 1. The molecule has 0 saturated heterocycles. The molecular formula is C15H14N2. The molecule has 0 saturated carbocycles. The number of fused-ring (bicyclic) bond motifs is 1. The molecule has 0 aliphatic carbocycles. The Balaban J connectivity index is 1.96. The average molecular weight is 222 g/mol. The fraction of sp³-hybridized carbons (Fsp3) is 0.0667. The molecule has 0 amide bonds. The van der Waals surface area contributed by atoms with Gasteiger partial charge in [0.05, 0.1) is 0 Å². The first-order chi connectivity index (χ1) is 8.31. The van der Waals surface area contributed by atoms with E-state index in [1.165, 1.54) is 16.3 Å². The van der Waals surface area contributed by atoms with Crippen LogP contribution in [0.15, 0.2) is 60.9 Å². The zero-order valence-electron chi connectivity index (χ0n) is 9.51. The van der Waals surface area contributed by atoms with Crippen molar-refractivity contribution in [1.29, 1.82) is 0 Å². The van der Waals surface area contributed by atoms with Crippen LogP contribution in [-0.4, -0.2) is 4.57 Å². The topological polar surface area (TPSA) is 30.9 Å². The first-order valence-electron chi connectivity index (χ1n) is 5.70. The molecule has 0 aliphatic rings. The fourth-order valence-corrected chi connectivity index (χ4v) is 2.10. The number of anilines is 1. The first-order valence-corrected chi connectivity index (χ1v) is 5.70. The third-order valence-corrected chi connectivity index (χ3v) is 2.93. The van der Waals surface area contributed by atoms with E-state index >= 15 is 0 Å². The maximum atomic E-state index is 5.78. The second-order valence-corrected chi connectivity index (χ2v) is 4.30. The highest BCUT2D eigenvalue weighted by atomic mass is 14.9. The normalized spacial score (nSPS) is 10.8. The van der Waals surface area contributed by atoms with Gasteiger partial charge in [0.2, 0.25) is 0 Å². The SMILES string of the molecule is Nc1ccc2cn(Cc3ccccc3)cc2c1. The van der Waals surface area contributed by atoms with E-state index in [0.29, 0.717) is 0 Å². The Kier molecular flexibility index (Phi) is 2.33. The Morgan fingerprint density at radius 2 is 1.65 bits per heavy atom. The predicted molar refractivity (Wildman–Crippen MR) is 71.9 cm³/mol. The summed E-state index contributed by atoms with van der Waals surface area (Å²) in [5.41, 5.74) is 7.90. The van der Waals surface area contributed by atoms with Gasteiger partial charge in [0.15, 0.2) is 0 Å². The number of nitrogens with zero attached hydrogens (tertiary/aromatic N) is 1. The second kappa shape index (κ2) is 3.98. The van der Waals surface area contributed by atoms with Crippen LogP contribution in [0, 0.1) is 0 Å². The lowest BCUT2D eigenvalue weighted by atomic mass is 10.2. The van der Waals surface area contributed by atoms with E-state index < -0.39 is 0 Å². The summed E-state index contributed by atoms with van der Waals surface area (Å²) in [4.78, 5) is 0. The zero-order chi connectivity index (χ0) is 11.7. The van der Waals surface area contributed by atoms with Crippen LogP contribution >= 0.6 is 0 Å². The summed E-state index contributed by atoms with van der Waals surface area (Å²) in [6, 6.07) is 16.5. The van der Waals surface area contributed by atoms with Crippen molar-refractivity contribution in [3.63, 3.8) is 0 Å². The van der Waals surface area contributed by atoms with Crippen LogP contribution in [0.25, 0.3) is 10.8 Å². The Hall–Kier alpha value is -2.22. The van der Waals surface area contributed by atoms with E-state index in [-0.39, 0.29) is 0 Å². The summed E-state index contributed by atoms with van der Waals surface area (Å²) in [7, 11) is 0. The molecule has 2 nitrogen and oxygen atoms in total. The van der Waals surface area contributed by atoms with E-state index in [1.54, 1.807) is 0 Å². The number of rotatable bonds is 2. The Morgan fingerprint density at radius 3 is 2.47 bits per heavy atom. The number of hydrogen-bond acceptors (Lipinski definition) is 1. The van der Waals surface area contributed by atoms with E-state index in [0.717, 1.165) is 12.2 Å². The zero-order valence-corrected chi connectivity index (χ0v) is 9.51. The van der Waals surface area contributed by atoms with E-state index in [2.05, 4.69) is 47.3 Å². The van der Waals surface area contributed by atoms with Crippen LogP contribution in [0.3, 0.4) is 0 Å². The van der Waals surface area contributed by atoms with Crippen molar-refractivity contribution in [2.24, 2.45) is 0 Å². The van der Waals surface area contributed by atoms with Crippen molar-refractivity contribution in [3.05, 3.63) is 66.5 Å². The molecule has 84 valence electrons. The smallest absolute Gasteiger partial charge is 0.0470 e. The fourth-order valence-electron chi connectivity index (χ4n) is 2.10. The van der Waals surface area contributed by atoms with Gasteiger partial charge >= 0.3 is 0 Å². The molecule has 3 rings (SSSR count). The number of nitrogen functional groups attached to an aromatic ring is 1. The summed E-state index contributed by atoms with van der Waals surface area (Å²) in [6.45, 7) is 0.898. The van der Waals surface area contributed by atoms with Crippen LogP contribution in [0.1, 0.15) is 5.56 Å². The van der Waals surface area contributed by atoms with E-state index in [4.69, 9.17) is 5.73 Å². The lowest BCUT2D eigenvalue weighted by Gasteiger charge is -2.01. The Morgan fingerprint density at radius 1 is 0.882 bits per heavy atom. The van der Waals surface area contributed by atoms with Gasteiger partial charge in [0.1, 0.15) is 0 Å². The molecule has 0 atom stereocenters. The van der Waals surface area contributed by atoms with Gasteiger partial charge < -0.3 is 10.3 Å². The van der Waals surface area contributed by atoms with Gasteiger partial charge in [-0.3, -0.25) is 0 Å². The molecule has 0 spiro atoms. The maximum Gasteiger partial charge on any atom is 0.0470 e. The van der Waals surface area contributed by atoms with E-state index in [9.17, 15) is 0 Å². The minimum Gasteiger partial charge on any atom is -0.399 e. The molecular weight excluding hydrogens is 208 g/mol. The second-order valence-electron chi connectivity index (χ2n) is 4.30. The lowest BCUT2D eigenvalue weighted by Crippen LogP contribution is -1.94. The summed E-state index contributed by atoms with van der Waals surface area (Å²) < 4.78 is 2.19. The highest BCUT2D eigenvalue weighted by molar-refractivity contribution is 5.85. The molecule has 0 unspecified atom stereocenters. The molecule has 2 N–H and O–H groups in total. The van der Waals surface area contributed by atoms with Crippen LogP contribution in [0.2, 0.25) is 0 Å². The number of benzene rings is 2. The number of hydrogen-bond donors (Lipinski definition) is 1. The van der Waals surface area contributed by atoms with Gasteiger partial charge in [-0.15, -0.1) is 0 Å². The largest absolute Gasteiger partial charge is 0.399 e. The number of nitrogens with two attached hydrogens (primary N) is 1. The summed E-state index contributed by atoms with van der Waals surface area (Å²) in [6.07, 6.45) is 4.29. The predicted octanol–water partition coefficient (Wildman–Crippen LogP) is 3.27. The Labute approximate surface area is 100 Å². The molecule has 17 heavy (non-hydrogen) atoms. The molecule has 0 radical (unpaired) electrons. The minimum atomic E-state index is 0.815. The van der Waals surface area contributed by atoms with Crippen molar-refractivity contribution in [1.82, 2.24) is 4.57 Å². The van der Waals surface area contributed by atoms with Gasteiger partial charge in [0.25, 0.3) is 0 Å². The summed E-state index contributed by atoms with van der Waals surface area (Å²) >= 11 is 0. The van der Waals surface area contributed by atoms with Gasteiger partial charge in [-0.1, -0.05) is 36.4 Å². The molecule has 1 heterocycles. The molecule has 0 bridgehead atoms. The first kappa shape index (κ1) is 9.97. The van der Waals surface area contributed by atoms with E-state index in [1.807, 2.05) is 18.2 Å². The standard InChI is InChI=1S/C15H14N2/c16-15-7-6-13-10-17(11-14(13)8-15)9-12-4-2-1-3-5-12/h1-8,10-11H,9,16H2. The third-order valence-electron chi connectivity index (χ3n) is 2.93. The van der Waals surface area contributed by atoms with Gasteiger partial charge in [-0.25, -0.2) is 0 Å². The van der Waals surface area contributed by atoms with Crippen molar-refractivity contribution in [2.45, 2.75) is 6.54 Å². The molecule has 1 aromatic heterocycles. The highest BCUT2D eigenvalue weighted by Crippen LogP contribution is 2.19. The Bertz CT molecular complexity index is 638. The highest BCUT2D eigenvalue weighted by Gasteiger charge is 1.99. The van der Waals surface area contributed by atoms with Crippen molar-refractivity contribution < 1.29 is 0 Å². The molecule has 0 aliphatic heterocycles. The van der Waals surface area contributed by atoms with Crippen LogP contribution in [-0.2, 0) is 6.54 Å². The van der Waals surface area contributed by atoms with Crippen molar-refractivity contribution in [2.75, 3.05) is 5.73 Å². The van der Waals surface area contributed by atoms with Crippen molar-refractivity contribution >= 4 is 16.5 Å². The minimum absolute atomic E-state index is 0.815. The molecule has 2 aromatic carbocycles. The molecule has 2 heteroatoms. The third kappa shape index (κ3) is 2.02. The van der Waals surface area contributed by atoms with Crippen molar-refractivity contribution in [3.8, 4) is 0 Å². The molecule has 3 aromatic rings. The van der Waals surface area contributed by atoms with Crippen LogP contribution < -0.4 is 5.73 Å². The monoisotopic (exact) mass is 222 g/mol. The lowest BCUT2D eigenvalue weighted by molar-refractivity contribution is 0.810. The maximum absolute atomic E-state index is 5.78. The summed E-state index contributed by atoms with van der Waals surface area (Å²) in [5.74, 6) is 0. The average Bonchev–Trinajstić information content (AvgIpc) is 2.71. The van der Waals surface area contributed by atoms with Crippen LogP contribution in [0.4, 0.5) is 5.69 Å². The summed E-state index contributed by atoms with van der Waals surface area (Å²) in [5, 5.41) is 2.43. The molecule has 0 fully saturated rings.